The average Bonchev–Trinajstić information content (AvgIpc) is 3.29. The smallest absolute Gasteiger partial charge is 0.306 e. The third-order valence-corrected chi connectivity index (χ3v) is 12.4. The minimum atomic E-state index is -0.774. The highest BCUT2D eigenvalue weighted by Gasteiger charge is 2.19. The Labute approximate surface area is 397 Å². The Kier molecular flexibility index (Phi) is 51.3. The van der Waals surface area contributed by atoms with Gasteiger partial charge in [-0.05, 0) is 77.0 Å². The van der Waals surface area contributed by atoms with Crippen LogP contribution in [-0.2, 0) is 28.6 Å². The zero-order valence-electron chi connectivity index (χ0n) is 42.8. The molecule has 1 unspecified atom stereocenters. The first-order chi connectivity index (χ1) is 31.5. The van der Waals surface area contributed by atoms with Crippen LogP contribution in [0.5, 0.6) is 0 Å². The Morgan fingerprint density at radius 3 is 0.906 bits per heavy atom. The lowest BCUT2D eigenvalue weighted by atomic mass is 10.0. The third kappa shape index (κ3) is 50.6. The molecule has 0 aromatic heterocycles. The van der Waals surface area contributed by atoms with E-state index in [1.807, 2.05) is 0 Å². The van der Waals surface area contributed by atoms with Crippen molar-refractivity contribution in [3.8, 4) is 0 Å². The van der Waals surface area contributed by atoms with Crippen LogP contribution in [-0.4, -0.2) is 37.2 Å². The summed E-state index contributed by atoms with van der Waals surface area (Å²) in [5, 5.41) is 0. The van der Waals surface area contributed by atoms with Gasteiger partial charge in [0.05, 0.1) is 0 Å². The van der Waals surface area contributed by atoms with Crippen molar-refractivity contribution in [1.82, 2.24) is 0 Å². The molecule has 374 valence electrons. The second-order valence-electron chi connectivity index (χ2n) is 18.8. The molecule has 0 N–H and O–H groups in total. The van der Waals surface area contributed by atoms with Gasteiger partial charge in [-0.1, -0.05) is 237 Å². The Bertz CT molecular complexity index is 1080. The summed E-state index contributed by atoms with van der Waals surface area (Å²) in [6, 6.07) is 0. The van der Waals surface area contributed by atoms with Gasteiger partial charge in [-0.3, -0.25) is 14.4 Å². The minimum absolute atomic E-state index is 0.0734. The van der Waals surface area contributed by atoms with E-state index in [1.54, 1.807) is 0 Å². The van der Waals surface area contributed by atoms with Crippen LogP contribution in [0.2, 0.25) is 0 Å². The number of ether oxygens (including phenoxy) is 3. The average molecular weight is 899 g/mol. The summed E-state index contributed by atoms with van der Waals surface area (Å²) < 4.78 is 16.8. The van der Waals surface area contributed by atoms with Gasteiger partial charge in [-0.25, -0.2) is 0 Å². The van der Waals surface area contributed by atoms with E-state index < -0.39 is 6.10 Å². The van der Waals surface area contributed by atoms with Crippen LogP contribution in [0.1, 0.15) is 297 Å². The Balaban J connectivity index is 4.33. The van der Waals surface area contributed by atoms with Gasteiger partial charge in [-0.15, -0.1) is 0 Å². The maximum atomic E-state index is 12.8. The molecule has 0 aliphatic heterocycles. The van der Waals surface area contributed by atoms with Gasteiger partial charge < -0.3 is 14.2 Å². The number of hydrogen-bond acceptors (Lipinski definition) is 6. The number of esters is 3. The van der Waals surface area contributed by atoms with Gasteiger partial charge >= 0.3 is 17.9 Å². The molecule has 0 spiro atoms. The molecule has 0 fully saturated rings. The van der Waals surface area contributed by atoms with E-state index in [9.17, 15) is 14.4 Å². The van der Waals surface area contributed by atoms with Crippen molar-refractivity contribution in [3.63, 3.8) is 0 Å². The Morgan fingerprint density at radius 1 is 0.312 bits per heavy atom. The normalized spacial score (nSPS) is 12.2. The largest absolute Gasteiger partial charge is 0.462 e. The maximum Gasteiger partial charge on any atom is 0.306 e. The fourth-order valence-corrected chi connectivity index (χ4v) is 8.12. The molecule has 0 aromatic rings. The number of allylic oxidation sites excluding steroid dienone is 6. The number of carbonyl (C=O) groups excluding carboxylic acids is 3. The van der Waals surface area contributed by atoms with Gasteiger partial charge in [0.15, 0.2) is 6.10 Å². The zero-order chi connectivity index (χ0) is 46.5. The SMILES string of the molecule is CCCCC/C=C\C/C=C\CCCCCCCCCCCC(=O)OCC(COC(=O)CCCCCCCCCCCCCC)OC(=O)CCCCCCC/C=C\CCCCCCCC. The Hall–Kier alpha value is -2.37. The summed E-state index contributed by atoms with van der Waals surface area (Å²) in [5.74, 6) is -0.872. The van der Waals surface area contributed by atoms with Crippen LogP contribution < -0.4 is 0 Å². The molecule has 0 amide bonds. The van der Waals surface area contributed by atoms with Crippen LogP contribution in [0.15, 0.2) is 36.5 Å². The van der Waals surface area contributed by atoms with Gasteiger partial charge in [0, 0.05) is 19.3 Å². The summed E-state index contributed by atoms with van der Waals surface area (Å²) in [6.07, 6.45) is 62.7. The van der Waals surface area contributed by atoms with Gasteiger partial charge in [0.25, 0.3) is 0 Å². The zero-order valence-corrected chi connectivity index (χ0v) is 42.8. The van der Waals surface area contributed by atoms with Crippen LogP contribution in [0, 0.1) is 0 Å². The number of unbranched alkanes of at least 4 members (excludes halogenated alkanes) is 34. The molecule has 0 aliphatic rings. The number of rotatable bonds is 51. The molecule has 1 atom stereocenters. The van der Waals surface area contributed by atoms with E-state index in [4.69, 9.17) is 14.2 Å². The molecule has 0 heterocycles. The molecule has 6 nitrogen and oxygen atoms in total. The number of carbonyl (C=O) groups is 3. The molecule has 0 bridgehead atoms. The predicted molar refractivity (Wildman–Crippen MR) is 275 cm³/mol. The first-order valence-corrected chi connectivity index (χ1v) is 28.0. The number of hydrogen-bond donors (Lipinski definition) is 0. The molecule has 0 radical (unpaired) electrons. The summed E-state index contributed by atoms with van der Waals surface area (Å²) in [4.78, 5) is 38.1. The summed E-state index contributed by atoms with van der Waals surface area (Å²) in [6.45, 7) is 6.63. The van der Waals surface area contributed by atoms with Crippen LogP contribution in [0.3, 0.4) is 0 Å². The van der Waals surface area contributed by atoms with Crippen molar-refractivity contribution in [2.75, 3.05) is 13.2 Å². The molecule has 0 aliphatic carbocycles. The highest BCUT2D eigenvalue weighted by atomic mass is 16.6. The second-order valence-corrected chi connectivity index (χ2v) is 18.8. The van der Waals surface area contributed by atoms with Crippen molar-refractivity contribution in [1.29, 1.82) is 0 Å². The fourth-order valence-electron chi connectivity index (χ4n) is 8.12. The van der Waals surface area contributed by atoms with Crippen molar-refractivity contribution in [2.24, 2.45) is 0 Å². The lowest BCUT2D eigenvalue weighted by molar-refractivity contribution is -0.167. The van der Waals surface area contributed by atoms with E-state index in [2.05, 4.69) is 57.2 Å². The van der Waals surface area contributed by atoms with E-state index in [0.29, 0.717) is 19.3 Å². The van der Waals surface area contributed by atoms with Crippen molar-refractivity contribution in [2.45, 2.75) is 303 Å². The van der Waals surface area contributed by atoms with E-state index in [0.717, 1.165) is 70.6 Å². The van der Waals surface area contributed by atoms with Gasteiger partial charge in [0.1, 0.15) is 13.2 Å². The molecule has 0 saturated heterocycles. The van der Waals surface area contributed by atoms with E-state index in [1.165, 1.54) is 186 Å². The molecule has 0 aromatic carbocycles. The van der Waals surface area contributed by atoms with E-state index >= 15 is 0 Å². The maximum absolute atomic E-state index is 12.8. The molecular weight excluding hydrogens is 793 g/mol. The summed E-state index contributed by atoms with van der Waals surface area (Å²) in [5.41, 5.74) is 0. The fraction of sp³-hybridized carbons (Fsp3) is 0.845. The van der Waals surface area contributed by atoms with Crippen molar-refractivity contribution in [3.05, 3.63) is 36.5 Å². The monoisotopic (exact) mass is 899 g/mol. The highest BCUT2D eigenvalue weighted by Crippen LogP contribution is 2.16. The van der Waals surface area contributed by atoms with Crippen LogP contribution >= 0.6 is 0 Å². The minimum Gasteiger partial charge on any atom is -0.462 e. The van der Waals surface area contributed by atoms with Crippen LogP contribution in [0.4, 0.5) is 0 Å². The molecule has 64 heavy (non-hydrogen) atoms. The van der Waals surface area contributed by atoms with Crippen molar-refractivity contribution >= 4 is 17.9 Å². The summed E-state index contributed by atoms with van der Waals surface area (Å²) >= 11 is 0. The lowest BCUT2D eigenvalue weighted by Gasteiger charge is -2.18. The lowest BCUT2D eigenvalue weighted by Crippen LogP contribution is -2.30. The first-order valence-electron chi connectivity index (χ1n) is 28.0. The van der Waals surface area contributed by atoms with Crippen molar-refractivity contribution < 1.29 is 28.6 Å². The quantitative estimate of drug-likeness (QED) is 0.0262. The molecule has 0 saturated carbocycles. The third-order valence-electron chi connectivity index (χ3n) is 12.4. The molecule has 6 heteroatoms. The highest BCUT2D eigenvalue weighted by molar-refractivity contribution is 5.71. The van der Waals surface area contributed by atoms with Gasteiger partial charge in [0.2, 0.25) is 0 Å². The second kappa shape index (κ2) is 53.2. The molecular formula is C58H106O6. The topological polar surface area (TPSA) is 78.9 Å². The van der Waals surface area contributed by atoms with Gasteiger partial charge in [-0.2, -0.15) is 0 Å². The Morgan fingerprint density at radius 2 is 0.562 bits per heavy atom. The van der Waals surface area contributed by atoms with E-state index in [-0.39, 0.29) is 31.1 Å². The molecule has 0 rings (SSSR count). The standard InChI is InChI=1S/C58H106O6/c1-4-7-10-13-16-19-22-25-27-28-29-30-32-33-36-39-42-45-48-51-57(60)63-54-55(53-62-56(59)50-47-44-41-38-35-24-21-18-15-12-9-6-3)64-58(61)52-49-46-43-40-37-34-31-26-23-20-17-14-11-8-5-2/h16,19,25-27,31,55H,4-15,17-18,20-24,28-30,32-54H2,1-3H3/b19-16-,27-25-,31-26-. The summed E-state index contributed by atoms with van der Waals surface area (Å²) in [7, 11) is 0. The van der Waals surface area contributed by atoms with Crippen LogP contribution in [0.25, 0.3) is 0 Å². The predicted octanol–water partition coefficient (Wildman–Crippen LogP) is 18.5. The first kappa shape index (κ1) is 61.6.